The van der Waals surface area contributed by atoms with Gasteiger partial charge in [0.2, 0.25) is 0 Å². The molecule has 0 spiro atoms. The lowest BCUT2D eigenvalue weighted by Gasteiger charge is -2.21. The van der Waals surface area contributed by atoms with E-state index in [2.05, 4.69) is 21.0 Å². The average Bonchev–Trinajstić information content (AvgIpc) is 2.47. The van der Waals surface area contributed by atoms with Gasteiger partial charge in [-0.15, -0.1) is 0 Å². The molecule has 1 aromatic carbocycles. The van der Waals surface area contributed by atoms with Crippen LogP contribution in [0.15, 0.2) is 39.2 Å². The number of hydrazone groups is 1. The maximum Gasteiger partial charge on any atom is 0.280 e. The Kier molecular flexibility index (Phi) is 4.44. The van der Waals surface area contributed by atoms with Crippen LogP contribution in [0.2, 0.25) is 5.02 Å². The van der Waals surface area contributed by atoms with E-state index in [0.717, 1.165) is 15.6 Å². The van der Waals surface area contributed by atoms with E-state index >= 15 is 0 Å². The van der Waals surface area contributed by atoms with Crippen LogP contribution in [-0.2, 0) is 5.75 Å². The molecule has 1 aliphatic rings. The van der Waals surface area contributed by atoms with Crippen molar-refractivity contribution in [3.8, 4) is 0 Å². The lowest BCUT2D eigenvalue weighted by atomic mass is 10.2. The summed E-state index contributed by atoms with van der Waals surface area (Å²) < 4.78 is 0.793. The lowest BCUT2D eigenvalue weighted by Crippen LogP contribution is -2.40. The molecule has 1 aromatic heterocycles. The molecule has 0 saturated heterocycles. The minimum atomic E-state index is -0.207. The second-order valence-corrected chi connectivity index (χ2v) is 7.25. The summed E-state index contributed by atoms with van der Waals surface area (Å²) in [7, 11) is 1.80. The van der Waals surface area contributed by atoms with Crippen molar-refractivity contribution in [3.05, 3.63) is 45.3 Å². The minimum absolute atomic E-state index is 0.207. The van der Waals surface area contributed by atoms with Gasteiger partial charge in [-0.25, -0.2) is 5.10 Å². The first-order valence-corrected chi connectivity index (χ1v) is 8.53. The van der Waals surface area contributed by atoms with Gasteiger partial charge < -0.3 is 5.73 Å². The van der Waals surface area contributed by atoms with Crippen LogP contribution in [0.25, 0.3) is 0 Å². The Balaban J connectivity index is 1.77. The van der Waals surface area contributed by atoms with Crippen LogP contribution in [0.1, 0.15) is 5.56 Å². The fraction of sp³-hybridized carbons (Fsp3) is 0.154. The highest BCUT2D eigenvalue weighted by Crippen LogP contribution is 2.36. The van der Waals surface area contributed by atoms with Gasteiger partial charge >= 0.3 is 0 Å². The van der Waals surface area contributed by atoms with Crippen LogP contribution in [-0.4, -0.2) is 21.6 Å². The molecule has 3 rings (SSSR count). The molecular weight excluding hydrogens is 342 g/mol. The number of thioether (sulfide) groups is 2. The molecule has 0 bridgehead atoms. The molecule has 1 aliphatic heterocycles. The number of hydrogen-bond donors (Lipinski definition) is 2. The van der Waals surface area contributed by atoms with Gasteiger partial charge in [0.05, 0.1) is 16.9 Å². The Labute approximate surface area is 140 Å². The fourth-order valence-electron chi connectivity index (χ4n) is 1.90. The molecule has 0 fully saturated rings. The Morgan fingerprint density at radius 1 is 1.50 bits per heavy atom. The third-order valence-corrected chi connectivity index (χ3v) is 5.62. The van der Waals surface area contributed by atoms with Crippen LogP contribution in [0, 0.1) is 0 Å². The highest BCUT2D eigenvalue weighted by atomic mass is 35.5. The summed E-state index contributed by atoms with van der Waals surface area (Å²) in [5, 5.41) is 13.0. The zero-order valence-electron chi connectivity index (χ0n) is 11.7. The molecular formula is C13H13ClN5OS2+. The molecule has 22 heavy (non-hydrogen) atoms. The smallest absolute Gasteiger partial charge is 0.280 e. The zero-order chi connectivity index (χ0) is 15.7. The van der Waals surface area contributed by atoms with Crippen molar-refractivity contribution in [2.24, 2.45) is 5.10 Å². The van der Waals surface area contributed by atoms with Crippen molar-refractivity contribution in [1.29, 1.82) is 0 Å². The van der Waals surface area contributed by atoms with Gasteiger partial charge in [0.25, 0.3) is 5.56 Å². The van der Waals surface area contributed by atoms with Crippen LogP contribution in [0.4, 0.5) is 11.4 Å². The standard InChI is InChI=1S/C13H12ClN5OS2/c1-19-10-5-16-17-12(20)11(10)22-13(18-19)21-6-7-2-3-8(15)4-9(7)14/h2-5H,6,15H2,1H3,(H,17,20)/p+1. The van der Waals surface area contributed by atoms with Gasteiger partial charge in [-0.05, 0) is 11.6 Å². The number of halogens is 1. The highest BCUT2D eigenvalue weighted by Gasteiger charge is 2.21. The Hall–Kier alpha value is -1.48. The number of aromatic nitrogens is 2. The van der Waals surface area contributed by atoms with Crippen LogP contribution >= 0.6 is 35.1 Å². The number of anilines is 1. The summed E-state index contributed by atoms with van der Waals surface area (Å²) in [5.74, 6) is 0.678. The SMILES string of the molecule is CN1N=C(SCc2ccc([NH3+])cc2Cl)Sc2c1cn[nH]c2=O. The average molecular weight is 355 g/mol. The van der Waals surface area contributed by atoms with Crippen LogP contribution in [0.5, 0.6) is 0 Å². The molecule has 2 aromatic rings. The van der Waals surface area contributed by atoms with E-state index in [1.54, 1.807) is 18.3 Å². The normalized spacial score (nSPS) is 13.8. The van der Waals surface area contributed by atoms with Crippen molar-refractivity contribution in [2.45, 2.75) is 10.6 Å². The molecule has 9 heteroatoms. The quantitative estimate of drug-likeness (QED) is 0.861. The number of quaternary nitrogens is 1. The van der Waals surface area contributed by atoms with Gasteiger partial charge in [-0.2, -0.15) is 10.2 Å². The van der Waals surface area contributed by atoms with Gasteiger partial charge in [0.1, 0.15) is 10.6 Å². The fourth-order valence-corrected chi connectivity index (χ4v) is 4.38. The zero-order valence-corrected chi connectivity index (χ0v) is 14.1. The minimum Gasteiger partial charge on any atom is -0.325 e. The maximum absolute atomic E-state index is 11.9. The number of rotatable bonds is 2. The third-order valence-electron chi connectivity index (χ3n) is 3.03. The van der Waals surface area contributed by atoms with Crippen molar-refractivity contribution in [2.75, 3.05) is 12.1 Å². The molecule has 4 N–H and O–H groups in total. The molecule has 0 aliphatic carbocycles. The third kappa shape index (κ3) is 3.14. The summed E-state index contributed by atoms with van der Waals surface area (Å²) in [6, 6.07) is 5.72. The number of fused-ring (bicyclic) bond motifs is 1. The van der Waals surface area contributed by atoms with Gasteiger partial charge in [0.15, 0.2) is 4.38 Å². The molecule has 0 saturated carbocycles. The number of benzene rings is 1. The van der Waals surface area contributed by atoms with Crippen molar-refractivity contribution >= 4 is 50.9 Å². The van der Waals surface area contributed by atoms with Crippen molar-refractivity contribution in [1.82, 2.24) is 10.2 Å². The van der Waals surface area contributed by atoms with E-state index in [1.165, 1.54) is 23.5 Å². The predicted octanol–water partition coefficient (Wildman–Crippen LogP) is 2.04. The Morgan fingerprint density at radius 2 is 2.32 bits per heavy atom. The molecule has 114 valence electrons. The molecule has 2 heterocycles. The predicted molar refractivity (Wildman–Crippen MR) is 91.8 cm³/mol. The number of aromatic amines is 1. The van der Waals surface area contributed by atoms with Gasteiger partial charge in [0, 0.05) is 18.9 Å². The maximum atomic E-state index is 11.9. The topological polar surface area (TPSA) is 89.0 Å². The van der Waals surface area contributed by atoms with Crippen molar-refractivity contribution in [3.63, 3.8) is 0 Å². The van der Waals surface area contributed by atoms with E-state index < -0.39 is 0 Å². The first-order chi connectivity index (χ1) is 10.5. The van der Waals surface area contributed by atoms with E-state index in [0.29, 0.717) is 21.4 Å². The largest absolute Gasteiger partial charge is 0.325 e. The molecule has 0 amide bonds. The van der Waals surface area contributed by atoms with E-state index in [9.17, 15) is 4.79 Å². The van der Waals surface area contributed by atoms with E-state index in [-0.39, 0.29) is 5.56 Å². The number of nitrogens with one attached hydrogen (secondary N) is 1. The summed E-state index contributed by atoms with van der Waals surface area (Å²) in [6.07, 6.45) is 1.60. The lowest BCUT2D eigenvalue weighted by molar-refractivity contribution is -0.254. The molecule has 0 unspecified atom stereocenters. The number of H-pyrrole nitrogens is 1. The number of hydrogen-bond acceptors (Lipinski definition) is 6. The highest BCUT2D eigenvalue weighted by molar-refractivity contribution is 8.38. The van der Waals surface area contributed by atoms with E-state index in [1.807, 2.05) is 18.2 Å². The Morgan fingerprint density at radius 3 is 3.09 bits per heavy atom. The summed E-state index contributed by atoms with van der Waals surface area (Å²) in [4.78, 5) is 12.5. The summed E-state index contributed by atoms with van der Waals surface area (Å²) in [6.45, 7) is 0. The van der Waals surface area contributed by atoms with Gasteiger partial charge in [-0.3, -0.25) is 9.80 Å². The molecule has 0 radical (unpaired) electrons. The van der Waals surface area contributed by atoms with Crippen LogP contribution in [0.3, 0.4) is 0 Å². The van der Waals surface area contributed by atoms with E-state index in [4.69, 9.17) is 11.6 Å². The van der Waals surface area contributed by atoms with Crippen LogP contribution < -0.4 is 16.3 Å². The second kappa shape index (κ2) is 6.33. The number of nitrogens with zero attached hydrogens (tertiary/aromatic N) is 3. The molecule has 6 nitrogen and oxygen atoms in total. The summed E-state index contributed by atoms with van der Waals surface area (Å²) >= 11 is 9.10. The Bertz CT molecular complexity index is 807. The van der Waals surface area contributed by atoms with Gasteiger partial charge in [-0.1, -0.05) is 41.2 Å². The molecule has 0 atom stereocenters. The first-order valence-electron chi connectivity index (χ1n) is 6.35. The monoisotopic (exact) mass is 354 g/mol. The first kappa shape index (κ1) is 15.4. The second-order valence-electron chi connectivity index (χ2n) is 4.62. The summed E-state index contributed by atoms with van der Waals surface area (Å²) in [5.41, 5.74) is 6.25. The van der Waals surface area contributed by atoms with Crippen molar-refractivity contribution < 1.29 is 5.73 Å².